The van der Waals surface area contributed by atoms with Gasteiger partial charge < -0.3 is 10.0 Å². The number of carbonyl (C=O) groups excluding carboxylic acids is 1. The fraction of sp³-hybridized carbons (Fsp3) is 0.263. The van der Waals surface area contributed by atoms with Gasteiger partial charge in [0, 0.05) is 30.5 Å². The number of halogens is 1. The molecule has 144 valence electrons. The molecule has 0 bridgehead atoms. The molecule has 1 fully saturated rings. The Morgan fingerprint density at radius 1 is 1.25 bits per heavy atom. The summed E-state index contributed by atoms with van der Waals surface area (Å²) in [5, 5.41) is 18.2. The van der Waals surface area contributed by atoms with Crippen LogP contribution in [0.5, 0.6) is 0 Å². The second-order valence-corrected chi connectivity index (χ2v) is 7.12. The van der Waals surface area contributed by atoms with E-state index in [0.717, 1.165) is 18.5 Å². The molecule has 1 unspecified atom stereocenters. The molecule has 28 heavy (non-hydrogen) atoms. The number of carboxylic acid groups (broad SMARTS) is 1. The molecule has 1 aromatic carbocycles. The van der Waals surface area contributed by atoms with Gasteiger partial charge in [0.2, 0.25) is 0 Å². The maximum atomic E-state index is 12.9. The van der Waals surface area contributed by atoms with Crippen molar-refractivity contribution in [3.8, 4) is 5.69 Å². The molecule has 1 aliphatic rings. The number of rotatable bonds is 4. The van der Waals surface area contributed by atoms with Crippen LogP contribution in [0.25, 0.3) is 5.69 Å². The highest BCUT2D eigenvalue weighted by Gasteiger charge is 2.27. The predicted octanol–water partition coefficient (Wildman–Crippen LogP) is 2.90. The Morgan fingerprint density at radius 2 is 2.11 bits per heavy atom. The number of aromatic carboxylic acids is 1. The number of amides is 1. The van der Waals surface area contributed by atoms with Gasteiger partial charge in [-0.2, -0.15) is 10.2 Å². The number of piperidine rings is 1. The molecule has 1 amide bonds. The van der Waals surface area contributed by atoms with Gasteiger partial charge in [-0.05, 0) is 37.1 Å². The summed E-state index contributed by atoms with van der Waals surface area (Å²) in [6.45, 7) is 1.09. The summed E-state index contributed by atoms with van der Waals surface area (Å²) in [4.78, 5) is 25.7. The molecule has 4 rings (SSSR count). The molecule has 0 spiro atoms. The molecule has 0 aliphatic carbocycles. The summed E-state index contributed by atoms with van der Waals surface area (Å²) in [5.74, 6) is -1.17. The Labute approximate surface area is 165 Å². The number of likely N-dealkylation sites (tertiary alicyclic amines) is 1. The van der Waals surface area contributed by atoms with Gasteiger partial charge in [0.05, 0.1) is 23.5 Å². The van der Waals surface area contributed by atoms with Gasteiger partial charge >= 0.3 is 5.97 Å². The first-order valence-electron chi connectivity index (χ1n) is 8.89. The second-order valence-electron chi connectivity index (χ2n) is 6.69. The molecule has 8 nitrogen and oxygen atoms in total. The van der Waals surface area contributed by atoms with Crippen LogP contribution in [0.2, 0.25) is 5.02 Å². The average molecular weight is 400 g/mol. The smallest absolute Gasteiger partial charge is 0.338 e. The van der Waals surface area contributed by atoms with Crippen molar-refractivity contribution in [3.05, 3.63) is 65.2 Å². The lowest BCUT2D eigenvalue weighted by Gasteiger charge is -2.32. The minimum absolute atomic E-state index is 0.0548. The fourth-order valence-electron chi connectivity index (χ4n) is 3.37. The van der Waals surface area contributed by atoms with Gasteiger partial charge in [0.1, 0.15) is 0 Å². The third-order valence-corrected chi connectivity index (χ3v) is 5.02. The fourth-order valence-corrected chi connectivity index (χ4v) is 3.55. The monoisotopic (exact) mass is 399 g/mol. The first-order valence-corrected chi connectivity index (χ1v) is 9.27. The highest BCUT2D eigenvalue weighted by atomic mass is 35.5. The van der Waals surface area contributed by atoms with Crippen molar-refractivity contribution in [2.75, 3.05) is 13.1 Å². The van der Waals surface area contributed by atoms with E-state index in [9.17, 15) is 9.59 Å². The Balaban J connectivity index is 1.49. The van der Waals surface area contributed by atoms with E-state index in [-0.39, 0.29) is 17.5 Å². The first kappa shape index (κ1) is 18.2. The Morgan fingerprint density at radius 3 is 2.86 bits per heavy atom. The minimum Gasteiger partial charge on any atom is -0.478 e. The van der Waals surface area contributed by atoms with E-state index in [4.69, 9.17) is 16.7 Å². The van der Waals surface area contributed by atoms with Crippen LogP contribution < -0.4 is 0 Å². The third kappa shape index (κ3) is 3.63. The van der Waals surface area contributed by atoms with Crippen molar-refractivity contribution < 1.29 is 14.7 Å². The molecular weight excluding hydrogens is 382 g/mol. The summed E-state index contributed by atoms with van der Waals surface area (Å²) >= 11 is 6.02. The van der Waals surface area contributed by atoms with Gasteiger partial charge in [0.25, 0.3) is 5.91 Å². The average Bonchev–Trinajstić information content (AvgIpc) is 3.38. The van der Waals surface area contributed by atoms with Crippen molar-refractivity contribution in [1.29, 1.82) is 0 Å². The quantitative estimate of drug-likeness (QED) is 0.728. The standard InChI is InChI=1S/C19H18ClN5O3/c20-14-3-1-4-15(9-14)24-8-6-17(22-24)18(26)23-7-2-5-16(12-23)25-11-13(10-21-25)19(27)28/h1,3-4,6,8-11,16H,2,5,7,12H2,(H,27,28). The van der Waals surface area contributed by atoms with Crippen LogP contribution in [0.15, 0.2) is 48.9 Å². The van der Waals surface area contributed by atoms with Crippen molar-refractivity contribution in [2.24, 2.45) is 0 Å². The maximum absolute atomic E-state index is 12.9. The lowest BCUT2D eigenvalue weighted by molar-refractivity contribution is 0.0660. The SMILES string of the molecule is O=C(O)c1cnn(C2CCCN(C(=O)c3ccn(-c4cccc(Cl)c4)n3)C2)c1. The number of nitrogens with zero attached hydrogens (tertiary/aromatic N) is 5. The van der Waals surface area contributed by atoms with Gasteiger partial charge in [-0.1, -0.05) is 17.7 Å². The lowest BCUT2D eigenvalue weighted by atomic mass is 10.1. The number of hydrogen-bond donors (Lipinski definition) is 1. The highest BCUT2D eigenvalue weighted by molar-refractivity contribution is 6.30. The number of carboxylic acids is 1. The number of aromatic nitrogens is 4. The zero-order valence-corrected chi connectivity index (χ0v) is 15.7. The molecule has 0 radical (unpaired) electrons. The van der Waals surface area contributed by atoms with Crippen LogP contribution in [0.1, 0.15) is 39.7 Å². The van der Waals surface area contributed by atoms with Gasteiger partial charge in [0.15, 0.2) is 5.69 Å². The van der Waals surface area contributed by atoms with Crippen molar-refractivity contribution in [2.45, 2.75) is 18.9 Å². The number of carbonyl (C=O) groups is 2. The van der Waals surface area contributed by atoms with E-state index >= 15 is 0 Å². The molecule has 0 saturated carbocycles. The third-order valence-electron chi connectivity index (χ3n) is 4.79. The molecule has 1 atom stereocenters. The summed E-state index contributed by atoms with van der Waals surface area (Å²) in [5.41, 5.74) is 1.27. The predicted molar refractivity (Wildman–Crippen MR) is 102 cm³/mol. The molecule has 2 aromatic heterocycles. The van der Waals surface area contributed by atoms with Crippen LogP contribution in [-0.4, -0.2) is 54.5 Å². The molecular formula is C19H18ClN5O3. The normalized spacial score (nSPS) is 16.9. The largest absolute Gasteiger partial charge is 0.478 e. The van der Waals surface area contributed by atoms with Crippen molar-refractivity contribution >= 4 is 23.5 Å². The maximum Gasteiger partial charge on any atom is 0.338 e. The van der Waals surface area contributed by atoms with Crippen LogP contribution in [0.3, 0.4) is 0 Å². The van der Waals surface area contributed by atoms with E-state index in [0.29, 0.717) is 23.8 Å². The Bertz CT molecular complexity index is 1030. The van der Waals surface area contributed by atoms with E-state index in [1.807, 2.05) is 12.1 Å². The van der Waals surface area contributed by atoms with Crippen molar-refractivity contribution in [3.63, 3.8) is 0 Å². The second kappa shape index (κ2) is 7.47. The molecule has 3 heterocycles. The van der Waals surface area contributed by atoms with E-state index in [2.05, 4.69) is 10.2 Å². The summed E-state index contributed by atoms with van der Waals surface area (Å²) < 4.78 is 3.25. The Hall–Kier alpha value is -3.13. The minimum atomic E-state index is -1.01. The Kier molecular flexibility index (Phi) is 4.87. The van der Waals surface area contributed by atoms with E-state index in [1.165, 1.54) is 12.4 Å². The van der Waals surface area contributed by atoms with Crippen LogP contribution >= 0.6 is 11.6 Å². The number of benzene rings is 1. The van der Waals surface area contributed by atoms with E-state index in [1.54, 1.807) is 38.7 Å². The summed E-state index contributed by atoms with van der Waals surface area (Å²) in [7, 11) is 0. The van der Waals surface area contributed by atoms with Gasteiger partial charge in [-0.25, -0.2) is 9.48 Å². The summed E-state index contributed by atoms with van der Waals surface area (Å²) in [6, 6.07) is 8.87. The highest BCUT2D eigenvalue weighted by Crippen LogP contribution is 2.23. The van der Waals surface area contributed by atoms with Crippen LogP contribution in [0, 0.1) is 0 Å². The molecule has 1 saturated heterocycles. The zero-order chi connectivity index (χ0) is 19.7. The van der Waals surface area contributed by atoms with Crippen molar-refractivity contribution in [1.82, 2.24) is 24.5 Å². The van der Waals surface area contributed by atoms with Gasteiger partial charge in [-0.3, -0.25) is 9.48 Å². The zero-order valence-electron chi connectivity index (χ0n) is 14.9. The molecule has 9 heteroatoms. The molecule has 1 N–H and O–H groups in total. The van der Waals surface area contributed by atoms with Gasteiger partial charge in [-0.15, -0.1) is 0 Å². The van der Waals surface area contributed by atoms with Crippen LogP contribution in [0.4, 0.5) is 0 Å². The topological polar surface area (TPSA) is 93.3 Å². The molecule has 1 aliphatic heterocycles. The number of hydrogen-bond acceptors (Lipinski definition) is 4. The van der Waals surface area contributed by atoms with Crippen LogP contribution in [-0.2, 0) is 0 Å². The van der Waals surface area contributed by atoms with E-state index < -0.39 is 5.97 Å². The first-order chi connectivity index (χ1) is 13.5. The molecule has 3 aromatic rings. The lowest BCUT2D eigenvalue weighted by Crippen LogP contribution is -2.41. The summed E-state index contributed by atoms with van der Waals surface area (Å²) in [6.07, 6.45) is 6.21.